The second-order valence-corrected chi connectivity index (χ2v) is 9.48. The van der Waals surface area contributed by atoms with E-state index in [0.29, 0.717) is 28.8 Å². The highest BCUT2D eigenvalue weighted by Gasteiger charge is 2.56. The minimum atomic E-state index is -1.20. The van der Waals surface area contributed by atoms with Crippen LogP contribution in [-0.2, 0) is 6.42 Å². The first-order chi connectivity index (χ1) is 13.1. The monoisotopic (exact) mass is 387 g/mol. The van der Waals surface area contributed by atoms with Crippen LogP contribution in [0.3, 0.4) is 0 Å². The van der Waals surface area contributed by atoms with E-state index in [2.05, 4.69) is 14.1 Å². The Kier molecular flexibility index (Phi) is 4.56. The van der Waals surface area contributed by atoms with E-state index in [-0.39, 0.29) is 17.4 Å². The van der Waals surface area contributed by atoms with E-state index in [1.54, 1.807) is 18.2 Å². The molecule has 0 aromatic heterocycles. The zero-order valence-electron chi connectivity index (χ0n) is 16.6. The van der Waals surface area contributed by atoms with Gasteiger partial charge in [-0.1, -0.05) is 18.6 Å². The summed E-state index contributed by atoms with van der Waals surface area (Å²) in [5.41, 5.74) is 5.76. The maximum absolute atomic E-state index is 11.9. The van der Waals surface area contributed by atoms with Crippen LogP contribution in [0.15, 0.2) is 24.3 Å². The number of aliphatic hydroxyl groups is 2. The second kappa shape index (κ2) is 6.58. The summed E-state index contributed by atoms with van der Waals surface area (Å²) in [6.07, 6.45) is 7.33. The minimum Gasteiger partial charge on any atom is -0.507 e. The first kappa shape index (κ1) is 19.4. The average Bonchev–Trinajstić information content (AvgIpc) is 2.58. The minimum absolute atomic E-state index is 0.0619. The number of likely N-dealkylation sites (N-methyl/N-ethyl adjacent to an activating group) is 1. The van der Waals surface area contributed by atoms with Gasteiger partial charge in [-0.15, -0.1) is 0 Å². The lowest BCUT2D eigenvalue weighted by molar-refractivity contribution is -0.925. The number of rotatable bonds is 4. The predicted octanol–water partition coefficient (Wildman–Crippen LogP) is 1.43. The summed E-state index contributed by atoms with van der Waals surface area (Å²) in [6, 6.07) is 3.31. The van der Waals surface area contributed by atoms with E-state index in [1.165, 1.54) is 19.3 Å². The highest BCUT2D eigenvalue weighted by Crippen LogP contribution is 2.51. The van der Waals surface area contributed by atoms with E-state index in [4.69, 9.17) is 5.73 Å². The zero-order chi connectivity index (χ0) is 20.3. The summed E-state index contributed by atoms with van der Waals surface area (Å²) < 4.78 is 0.676. The maximum Gasteiger partial charge on any atom is 0.252 e. The Morgan fingerprint density at radius 1 is 1.32 bits per heavy atom. The molecule has 1 aromatic rings. The smallest absolute Gasteiger partial charge is 0.252 e. The largest absolute Gasteiger partial charge is 0.507 e. The van der Waals surface area contributed by atoms with Crippen LogP contribution in [0.5, 0.6) is 5.75 Å². The fourth-order valence-corrected chi connectivity index (χ4v) is 5.64. The van der Waals surface area contributed by atoms with Crippen LogP contribution < -0.4 is 5.73 Å². The number of phenols is 1. The van der Waals surface area contributed by atoms with E-state index in [0.717, 1.165) is 12.1 Å². The van der Waals surface area contributed by atoms with Gasteiger partial charge in [-0.25, -0.2) is 0 Å². The van der Waals surface area contributed by atoms with Gasteiger partial charge in [-0.2, -0.15) is 0 Å². The zero-order valence-corrected chi connectivity index (χ0v) is 16.6. The molecule has 0 saturated heterocycles. The van der Waals surface area contributed by atoms with Crippen molar-refractivity contribution in [1.82, 2.24) is 0 Å². The molecule has 1 fully saturated rings. The third kappa shape index (κ3) is 2.95. The summed E-state index contributed by atoms with van der Waals surface area (Å²) in [4.78, 5) is 11.7. The van der Waals surface area contributed by atoms with Gasteiger partial charge in [0.05, 0.1) is 32.3 Å². The molecule has 1 aromatic carbocycles. The third-order valence-electron chi connectivity index (χ3n) is 7.29. The highest BCUT2D eigenvalue weighted by atomic mass is 16.3. The molecule has 6 heteroatoms. The van der Waals surface area contributed by atoms with Crippen LogP contribution in [0.25, 0.3) is 0 Å². The van der Waals surface area contributed by atoms with Gasteiger partial charge in [-0.05, 0) is 37.0 Å². The van der Waals surface area contributed by atoms with Crippen molar-refractivity contribution < 1.29 is 24.6 Å². The number of quaternary nitrogens is 1. The molecule has 4 atom stereocenters. The van der Waals surface area contributed by atoms with Gasteiger partial charge in [-0.3, -0.25) is 4.79 Å². The lowest BCUT2D eigenvalue weighted by atomic mass is 9.63. The maximum atomic E-state index is 11.9. The molecule has 3 aliphatic carbocycles. The van der Waals surface area contributed by atoms with Crippen LogP contribution in [-0.4, -0.2) is 64.1 Å². The van der Waals surface area contributed by atoms with Gasteiger partial charge >= 0.3 is 0 Å². The number of aliphatic hydroxyl groups excluding tert-OH is 1. The number of nitrogens with two attached hydrogens (primary N) is 1. The van der Waals surface area contributed by atoms with Crippen molar-refractivity contribution >= 4 is 5.91 Å². The predicted molar refractivity (Wildman–Crippen MR) is 106 cm³/mol. The Morgan fingerprint density at radius 3 is 2.64 bits per heavy atom. The van der Waals surface area contributed by atoms with Crippen molar-refractivity contribution in [1.29, 1.82) is 0 Å². The number of carbonyl (C=O) groups is 1. The van der Waals surface area contributed by atoms with Crippen molar-refractivity contribution in [3.05, 3.63) is 41.0 Å². The van der Waals surface area contributed by atoms with Crippen LogP contribution in [0.2, 0.25) is 0 Å². The summed E-state index contributed by atoms with van der Waals surface area (Å²) in [5.74, 6) is -0.653. The highest BCUT2D eigenvalue weighted by molar-refractivity contribution is 5.96. The summed E-state index contributed by atoms with van der Waals surface area (Å²) >= 11 is 0. The average molecular weight is 388 g/mol. The lowest BCUT2D eigenvalue weighted by Gasteiger charge is -2.54. The molecule has 3 aliphatic rings. The number of amides is 1. The molecular formula is C22H31N2O4+. The van der Waals surface area contributed by atoms with E-state index >= 15 is 0 Å². The molecule has 152 valence electrons. The van der Waals surface area contributed by atoms with Gasteiger partial charge in [0.15, 0.2) is 0 Å². The Labute approximate surface area is 165 Å². The van der Waals surface area contributed by atoms with E-state index in [1.807, 2.05) is 6.07 Å². The summed E-state index contributed by atoms with van der Waals surface area (Å²) in [5, 5.41) is 32.9. The second-order valence-electron chi connectivity index (χ2n) is 9.48. The molecule has 4 rings (SSSR count). The fraction of sp³-hybridized carbons (Fsp3) is 0.591. The molecule has 5 N–H and O–H groups in total. The molecule has 6 nitrogen and oxygen atoms in total. The van der Waals surface area contributed by atoms with E-state index < -0.39 is 23.5 Å². The topological polar surface area (TPSA) is 104 Å². The van der Waals surface area contributed by atoms with Gasteiger partial charge in [0.1, 0.15) is 17.4 Å². The van der Waals surface area contributed by atoms with Crippen molar-refractivity contribution in [2.45, 2.75) is 55.8 Å². The van der Waals surface area contributed by atoms with Crippen LogP contribution in [0, 0.1) is 5.92 Å². The van der Waals surface area contributed by atoms with E-state index in [9.17, 15) is 20.1 Å². The molecule has 0 bridgehead atoms. The number of hydrogen-bond acceptors (Lipinski definition) is 4. The lowest BCUT2D eigenvalue weighted by Crippen LogP contribution is -2.66. The molecule has 0 spiro atoms. The molecular weight excluding hydrogens is 356 g/mol. The van der Waals surface area contributed by atoms with Crippen molar-refractivity contribution in [2.75, 3.05) is 20.6 Å². The Bertz CT molecular complexity index is 830. The van der Waals surface area contributed by atoms with Gasteiger partial charge in [0.2, 0.25) is 0 Å². The molecule has 1 unspecified atom stereocenters. The first-order valence-corrected chi connectivity index (χ1v) is 10.2. The number of fused-ring (bicyclic) bond motifs is 3. The van der Waals surface area contributed by atoms with Gasteiger partial charge in [0.25, 0.3) is 5.91 Å². The van der Waals surface area contributed by atoms with Gasteiger partial charge in [0, 0.05) is 23.8 Å². The quantitative estimate of drug-likeness (QED) is 0.463. The Balaban J connectivity index is 1.82. The van der Waals surface area contributed by atoms with Gasteiger partial charge < -0.3 is 25.5 Å². The molecule has 0 radical (unpaired) electrons. The van der Waals surface area contributed by atoms with Crippen LogP contribution >= 0.6 is 0 Å². The summed E-state index contributed by atoms with van der Waals surface area (Å²) in [6.45, 7) is 0.997. The first-order valence-electron chi connectivity index (χ1n) is 10.2. The van der Waals surface area contributed by atoms with Crippen LogP contribution in [0.1, 0.15) is 53.1 Å². The number of primary amides is 1. The van der Waals surface area contributed by atoms with Crippen molar-refractivity contribution in [3.8, 4) is 5.75 Å². The molecule has 1 amide bonds. The number of carbonyl (C=O) groups excluding carboxylic acids is 1. The van der Waals surface area contributed by atoms with Crippen LogP contribution in [0.4, 0.5) is 0 Å². The van der Waals surface area contributed by atoms with Crippen molar-refractivity contribution in [3.63, 3.8) is 0 Å². The molecule has 0 aliphatic heterocycles. The molecule has 28 heavy (non-hydrogen) atoms. The third-order valence-corrected chi connectivity index (χ3v) is 7.29. The number of nitrogens with zero attached hydrogens (tertiary/aromatic N) is 1. The Morgan fingerprint density at radius 2 is 2.04 bits per heavy atom. The number of benzene rings is 1. The Hall–Kier alpha value is -1.89. The SMILES string of the molecule is C[N+](C)(CC1CCC1)[C@@H]1Cc2ccc(C(N)=O)c(O)c2C2C[C@@H](O)C=C[C@]21O. The normalized spacial score (nSPS) is 32.4. The standard InChI is InChI=1S/C22H30N2O4/c1-24(2,12-13-4-3-5-13)18-10-14-6-7-16(21(23)27)20(26)19(14)17-11-15(25)8-9-22(17,18)28/h6-9,13,15,17-18,25,28H,3-5,10-12H2,1-2H3,(H2-,23,26,27)/p+1/t15-,17?,18+,22-/m0/s1. The van der Waals surface area contributed by atoms with Crippen molar-refractivity contribution in [2.24, 2.45) is 11.7 Å². The fourth-order valence-electron chi connectivity index (χ4n) is 5.64. The summed E-state index contributed by atoms with van der Waals surface area (Å²) in [7, 11) is 4.33. The molecule has 1 saturated carbocycles. The number of hydrogen-bond donors (Lipinski definition) is 4. The number of aromatic hydroxyl groups is 1. The molecule has 0 heterocycles.